The van der Waals surface area contributed by atoms with Crippen LogP contribution in [0.25, 0.3) is 0 Å². The Hall–Kier alpha value is -1.05. The highest BCUT2D eigenvalue weighted by molar-refractivity contribution is 5.40. The monoisotopic (exact) mass is 148 g/mol. The summed E-state index contributed by atoms with van der Waals surface area (Å²) in [6.45, 7) is 2.10. The fraction of sp³-hybridized carbons (Fsp3) is 0.444. The Labute approximate surface area is 66.4 Å². The summed E-state index contributed by atoms with van der Waals surface area (Å²) in [4.78, 5) is 4.03. The molecule has 0 saturated heterocycles. The summed E-state index contributed by atoms with van der Waals surface area (Å²) in [5.74, 6) is 1.43. The first kappa shape index (κ1) is 6.65. The van der Waals surface area contributed by atoms with Crippen LogP contribution in [0.15, 0.2) is 12.3 Å². The van der Waals surface area contributed by atoms with Crippen molar-refractivity contribution in [1.29, 1.82) is 0 Å². The molecule has 1 aliphatic rings. The average molecular weight is 148 g/mol. The molecule has 0 atom stereocenters. The van der Waals surface area contributed by atoms with Crippen LogP contribution in [-0.2, 0) is 0 Å². The number of pyridine rings is 1. The Bertz CT molecular complexity index is 277. The molecule has 1 heterocycles. The van der Waals surface area contributed by atoms with E-state index in [0.717, 1.165) is 5.92 Å². The molecule has 1 aromatic heterocycles. The second kappa shape index (κ2) is 2.22. The van der Waals surface area contributed by atoms with Gasteiger partial charge in [0.1, 0.15) is 5.82 Å². The summed E-state index contributed by atoms with van der Waals surface area (Å²) in [6, 6.07) is 2.01. The molecule has 0 aromatic carbocycles. The van der Waals surface area contributed by atoms with Crippen molar-refractivity contribution >= 4 is 5.82 Å². The van der Waals surface area contributed by atoms with E-state index in [2.05, 4.69) is 11.9 Å². The van der Waals surface area contributed by atoms with Gasteiger partial charge in [-0.15, -0.1) is 0 Å². The van der Waals surface area contributed by atoms with Crippen LogP contribution in [-0.4, -0.2) is 4.98 Å². The van der Waals surface area contributed by atoms with E-state index in [4.69, 9.17) is 5.73 Å². The molecular weight excluding hydrogens is 136 g/mol. The first-order valence-corrected chi connectivity index (χ1v) is 3.99. The van der Waals surface area contributed by atoms with Crippen LogP contribution in [0.1, 0.15) is 29.9 Å². The van der Waals surface area contributed by atoms with Crippen molar-refractivity contribution in [2.45, 2.75) is 25.7 Å². The molecule has 0 unspecified atom stereocenters. The molecule has 1 aliphatic carbocycles. The zero-order chi connectivity index (χ0) is 7.84. The third-order valence-corrected chi connectivity index (χ3v) is 2.18. The third-order valence-electron chi connectivity index (χ3n) is 2.18. The van der Waals surface area contributed by atoms with Gasteiger partial charge in [0.2, 0.25) is 0 Å². The summed E-state index contributed by atoms with van der Waals surface area (Å²) in [5.41, 5.74) is 8.26. The third kappa shape index (κ3) is 1.20. The van der Waals surface area contributed by atoms with Crippen molar-refractivity contribution in [3.63, 3.8) is 0 Å². The number of anilines is 1. The minimum Gasteiger partial charge on any atom is -0.384 e. The lowest BCUT2D eigenvalue weighted by atomic mass is 10.1. The van der Waals surface area contributed by atoms with E-state index in [-0.39, 0.29) is 0 Å². The van der Waals surface area contributed by atoms with Crippen LogP contribution in [0.5, 0.6) is 0 Å². The molecule has 1 aromatic rings. The van der Waals surface area contributed by atoms with Crippen molar-refractivity contribution in [2.24, 2.45) is 0 Å². The average Bonchev–Trinajstić information content (AvgIpc) is 2.76. The van der Waals surface area contributed by atoms with E-state index in [1.807, 2.05) is 12.3 Å². The topological polar surface area (TPSA) is 38.9 Å². The Morgan fingerprint density at radius 1 is 1.55 bits per heavy atom. The maximum absolute atomic E-state index is 5.58. The van der Waals surface area contributed by atoms with E-state index in [1.165, 1.54) is 24.0 Å². The summed E-state index contributed by atoms with van der Waals surface area (Å²) in [5, 5.41) is 0. The minimum atomic E-state index is 0.650. The molecule has 0 aliphatic heterocycles. The Morgan fingerprint density at radius 3 is 2.91 bits per heavy atom. The maximum atomic E-state index is 5.58. The number of nitrogen functional groups attached to an aromatic ring is 1. The van der Waals surface area contributed by atoms with Crippen molar-refractivity contribution in [2.75, 3.05) is 5.73 Å². The molecule has 0 spiro atoms. The normalized spacial score (nSPS) is 16.8. The Balaban J connectivity index is 2.42. The van der Waals surface area contributed by atoms with Gasteiger partial charge in [0.25, 0.3) is 0 Å². The van der Waals surface area contributed by atoms with Crippen LogP contribution < -0.4 is 5.73 Å². The standard InChI is InChI=1S/C9H12N2/c1-6-5-11-9(10)4-8(6)7-2-3-7/h4-5,7H,2-3H2,1H3,(H2,10,11). The van der Waals surface area contributed by atoms with E-state index in [0.29, 0.717) is 5.82 Å². The van der Waals surface area contributed by atoms with Gasteiger partial charge in [-0.3, -0.25) is 0 Å². The number of hydrogen-bond donors (Lipinski definition) is 1. The van der Waals surface area contributed by atoms with E-state index < -0.39 is 0 Å². The van der Waals surface area contributed by atoms with Gasteiger partial charge in [0.15, 0.2) is 0 Å². The SMILES string of the molecule is Cc1cnc(N)cc1C1CC1. The number of aromatic nitrogens is 1. The minimum absolute atomic E-state index is 0.650. The summed E-state index contributed by atoms with van der Waals surface area (Å²) >= 11 is 0. The fourth-order valence-corrected chi connectivity index (χ4v) is 1.39. The number of aryl methyl sites for hydroxylation is 1. The molecular formula is C9H12N2. The van der Waals surface area contributed by atoms with Crippen LogP contribution >= 0.6 is 0 Å². The van der Waals surface area contributed by atoms with Crippen molar-refractivity contribution in [3.05, 3.63) is 23.4 Å². The second-order valence-corrected chi connectivity index (χ2v) is 3.24. The number of hydrogen-bond acceptors (Lipinski definition) is 2. The van der Waals surface area contributed by atoms with Crippen molar-refractivity contribution < 1.29 is 0 Å². The highest BCUT2D eigenvalue weighted by Gasteiger charge is 2.25. The van der Waals surface area contributed by atoms with Gasteiger partial charge in [-0.2, -0.15) is 0 Å². The molecule has 0 amide bonds. The number of nitrogens with zero attached hydrogens (tertiary/aromatic N) is 1. The molecule has 2 N–H and O–H groups in total. The molecule has 0 bridgehead atoms. The molecule has 2 rings (SSSR count). The smallest absolute Gasteiger partial charge is 0.123 e. The van der Waals surface area contributed by atoms with Crippen LogP contribution in [0.4, 0.5) is 5.82 Å². The first-order valence-electron chi connectivity index (χ1n) is 3.99. The molecule has 1 fully saturated rings. The number of rotatable bonds is 1. The molecule has 58 valence electrons. The zero-order valence-electron chi connectivity index (χ0n) is 6.67. The van der Waals surface area contributed by atoms with E-state index in [9.17, 15) is 0 Å². The van der Waals surface area contributed by atoms with Gasteiger partial charge in [-0.1, -0.05) is 0 Å². The quantitative estimate of drug-likeness (QED) is 0.660. The van der Waals surface area contributed by atoms with Crippen LogP contribution in [0.3, 0.4) is 0 Å². The van der Waals surface area contributed by atoms with E-state index >= 15 is 0 Å². The molecule has 0 radical (unpaired) electrons. The molecule has 2 nitrogen and oxygen atoms in total. The van der Waals surface area contributed by atoms with Gasteiger partial charge < -0.3 is 5.73 Å². The van der Waals surface area contributed by atoms with Gasteiger partial charge in [-0.05, 0) is 42.9 Å². The largest absolute Gasteiger partial charge is 0.384 e. The summed E-state index contributed by atoms with van der Waals surface area (Å²) < 4.78 is 0. The lowest BCUT2D eigenvalue weighted by Crippen LogP contribution is -1.94. The number of nitrogens with two attached hydrogens (primary N) is 1. The lowest BCUT2D eigenvalue weighted by Gasteiger charge is -2.02. The molecule has 2 heteroatoms. The van der Waals surface area contributed by atoms with Crippen molar-refractivity contribution in [1.82, 2.24) is 4.98 Å². The van der Waals surface area contributed by atoms with Crippen LogP contribution in [0.2, 0.25) is 0 Å². The fourth-order valence-electron chi connectivity index (χ4n) is 1.39. The van der Waals surface area contributed by atoms with E-state index in [1.54, 1.807) is 0 Å². The first-order chi connectivity index (χ1) is 5.27. The lowest BCUT2D eigenvalue weighted by molar-refractivity contribution is 1.08. The Kier molecular flexibility index (Phi) is 1.34. The van der Waals surface area contributed by atoms with Gasteiger partial charge in [-0.25, -0.2) is 4.98 Å². The molecule has 11 heavy (non-hydrogen) atoms. The summed E-state index contributed by atoms with van der Waals surface area (Å²) in [7, 11) is 0. The highest BCUT2D eigenvalue weighted by atomic mass is 14.8. The molecule has 1 saturated carbocycles. The van der Waals surface area contributed by atoms with Crippen LogP contribution in [0, 0.1) is 6.92 Å². The second-order valence-electron chi connectivity index (χ2n) is 3.24. The zero-order valence-corrected chi connectivity index (χ0v) is 6.67. The highest BCUT2D eigenvalue weighted by Crippen LogP contribution is 2.41. The summed E-state index contributed by atoms with van der Waals surface area (Å²) in [6.07, 6.45) is 4.51. The maximum Gasteiger partial charge on any atom is 0.123 e. The van der Waals surface area contributed by atoms with Gasteiger partial charge in [0, 0.05) is 6.20 Å². The van der Waals surface area contributed by atoms with Crippen molar-refractivity contribution in [3.8, 4) is 0 Å². The predicted molar refractivity (Wildman–Crippen MR) is 45.4 cm³/mol. The van der Waals surface area contributed by atoms with Gasteiger partial charge >= 0.3 is 0 Å². The predicted octanol–water partition coefficient (Wildman–Crippen LogP) is 1.85. The Morgan fingerprint density at radius 2 is 2.27 bits per heavy atom. The van der Waals surface area contributed by atoms with Gasteiger partial charge in [0.05, 0.1) is 0 Å².